The second-order valence-electron chi connectivity index (χ2n) is 4.25. The van der Waals surface area contributed by atoms with Gasteiger partial charge >= 0.3 is 0 Å². The molecule has 1 amide bonds. The number of carbonyl (C=O) groups is 1. The zero-order chi connectivity index (χ0) is 15.3. The standard InChI is InChI=1S/C13H19BrN2O3S/c1-4-16(5-2)20(18,19)12-8-11(7-6-10(12)3)15-13(17)9-14/h6-8H,4-5,9H2,1-3H3,(H,15,17). The van der Waals surface area contributed by atoms with E-state index in [-0.39, 0.29) is 16.1 Å². The van der Waals surface area contributed by atoms with Gasteiger partial charge in [0.05, 0.1) is 10.2 Å². The van der Waals surface area contributed by atoms with Gasteiger partial charge in [-0.2, -0.15) is 4.31 Å². The number of sulfonamides is 1. The number of aryl methyl sites for hydroxylation is 1. The number of alkyl halides is 1. The van der Waals surface area contributed by atoms with Crippen LogP contribution in [0.25, 0.3) is 0 Å². The minimum Gasteiger partial charge on any atom is -0.325 e. The van der Waals surface area contributed by atoms with Gasteiger partial charge in [0, 0.05) is 18.8 Å². The maximum Gasteiger partial charge on any atom is 0.243 e. The van der Waals surface area contributed by atoms with Crippen molar-refractivity contribution in [2.24, 2.45) is 0 Å². The Hall–Kier alpha value is -0.920. The van der Waals surface area contributed by atoms with E-state index in [4.69, 9.17) is 0 Å². The first-order valence-electron chi connectivity index (χ1n) is 6.33. The minimum atomic E-state index is -3.53. The highest BCUT2D eigenvalue weighted by atomic mass is 79.9. The van der Waals surface area contributed by atoms with E-state index in [2.05, 4.69) is 21.2 Å². The Morgan fingerprint density at radius 2 is 1.90 bits per heavy atom. The van der Waals surface area contributed by atoms with E-state index in [1.807, 2.05) is 0 Å². The Morgan fingerprint density at radius 3 is 2.40 bits per heavy atom. The lowest BCUT2D eigenvalue weighted by atomic mass is 10.2. The zero-order valence-electron chi connectivity index (χ0n) is 11.8. The second-order valence-corrected chi connectivity index (χ2v) is 6.72. The molecule has 7 heteroatoms. The van der Waals surface area contributed by atoms with Crippen LogP contribution in [0.1, 0.15) is 19.4 Å². The van der Waals surface area contributed by atoms with Crippen LogP contribution in [0.4, 0.5) is 5.69 Å². The van der Waals surface area contributed by atoms with E-state index in [0.717, 1.165) is 0 Å². The predicted octanol–water partition coefficient (Wildman–Crippen LogP) is 2.36. The molecule has 1 rings (SSSR count). The number of anilines is 1. The van der Waals surface area contributed by atoms with Crippen molar-refractivity contribution in [2.45, 2.75) is 25.7 Å². The quantitative estimate of drug-likeness (QED) is 0.789. The number of benzene rings is 1. The summed E-state index contributed by atoms with van der Waals surface area (Å²) in [5.74, 6) is -0.222. The zero-order valence-corrected chi connectivity index (χ0v) is 14.2. The van der Waals surface area contributed by atoms with Gasteiger partial charge in [-0.05, 0) is 24.6 Å². The van der Waals surface area contributed by atoms with Gasteiger partial charge in [0.15, 0.2) is 0 Å². The van der Waals surface area contributed by atoms with Gasteiger partial charge in [0.25, 0.3) is 0 Å². The number of amides is 1. The first kappa shape index (κ1) is 17.1. The van der Waals surface area contributed by atoms with Crippen LogP contribution in [0.15, 0.2) is 23.1 Å². The normalized spacial score (nSPS) is 11.7. The maximum absolute atomic E-state index is 12.5. The van der Waals surface area contributed by atoms with Gasteiger partial charge in [-0.1, -0.05) is 35.8 Å². The Balaban J connectivity index is 3.23. The molecule has 0 saturated carbocycles. The van der Waals surface area contributed by atoms with Crippen molar-refractivity contribution in [1.29, 1.82) is 0 Å². The molecule has 0 fully saturated rings. The SMILES string of the molecule is CCN(CC)S(=O)(=O)c1cc(NC(=O)CBr)ccc1C. The smallest absolute Gasteiger partial charge is 0.243 e. The molecule has 0 saturated heterocycles. The van der Waals surface area contributed by atoms with Crippen LogP contribution in [-0.4, -0.2) is 37.0 Å². The molecule has 0 spiro atoms. The molecule has 0 atom stereocenters. The summed E-state index contributed by atoms with van der Waals surface area (Å²) in [5.41, 5.74) is 1.14. The van der Waals surface area contributed by atoms with Crippen LogP contribution in [0.3, 0.4) is 0 Å². The lowest BCUT2D eigenvalue weighted by molar-refractivity contribution is -0.113. The molecule has 0 aromatic heterocycles. The molecule has 0 heterocycles. The summed E-state index contributed by atoms with van der Waals surface area (Å²) in [5, 5.41) is 2.80. The van der Waals surface area contributed by atoms with E-state index in [1.54, 1.807) is 32.9 Å². The summed E-state index contributed by atoms with van der Waals surface area (Å²) in [6.07, 6.45) is 0. The molecule has 0 radical (unpaired) electrons. The third kappa shape index (κ3) is 3.80. The number of nitrogens with one attached hydrogen (secondary N) is 1. The summed E-state index contributed by atoms with van der Waals surface area (Å²) in [6, 6.07) is 4.89. The van der Waals surface area contributed by atoms with E-state index in [0.29, 0.717) is 24.3 Å². The molecule has 1 aromatic rings. The van der Waals surface area contributed by atoms with Gasteiger partial charge in [-0.25, -0.2) is 8.42 Å². The number of carbonyl (C=O) groups excluding carboxylic acids is 1. The van der Waals surface area contributed by atoms with Crippen molar-refractivity contribution >= 4 is 37.5 Å². The third-order valence-corrected chi connectivity index (χ3v) is 5.62. The molecular formula is C13H19BrN2O3S. The summed E-state index contributed by atoms with van der Waals surface area (Å²) in [4.78, 5) is 11.6. The average Bonchev–Trinajstić information content (AvgIpc) is 2.41. The lowest BCUT2D eigenvalue weighted by Gasteiger charge is -2.20. The fraction of sp³-hybridized carbons (Fsp3) is 0.462. The highest BCUT2D eigenvalue weighted by Crippen LogP contribution is 2.23. The van der Waals surface area contributed by atoms with Gasteiger partial charge in [0.1, 0.15) is 0 Å². The summed E-state index contributed by atoms with van der Waals surface area (Å²) in [7, 11) is -3.53. The van der Waals surface area contributed by atoms with Crippen molar-refractivity contribution in [3.05, 3.63) is 23.8 Å². The number of rotatable bonds is 6. The maximum atomic E-state index is 12.5. The molecule has 1 N–H and O–H groups in total. The molecule has 0 bridgehead atoms. The molecule has 0 unspecified atom stereocenters. The number of hydrogen-bond acceptors (Lipinski definition) is 3. The average molecular weight is 363 g/mol. The monoisotopic (exact) mass is 362 g/mol. The summed E-state index contributed by atoms with van der Waals surface area (Å²) < 4.78 is 26.4. The van der Waals surface area contributed by atoms with E-state index < -0.39 is 10.0 Å². The van der Waals surface area contributed by atoms with Crippen LogP contribution >= 0.6 is 15.9 Å². The molecular weight excluding hydrogens is 344 g/mol. The fourth-order valence-electron chi connectivity index (χ4n) is 1.85. The Kier molecular flexibility index (Phi) is 6.16. The molecule has 0 aliphatic carbocycles. The third-order valence-electron chi connectivity index (χ3n) is 2.92. The van der Waals surface area contributed by atoms with Crippen LogP contribution in [0.2, 0.25) is 0 Å². The van der Waals surface area contributed by atoms with Crippen molar-refractivity contribution in [2.75, 3.05) is 23.7 Å². The van der Waals surface area contributed by atoms with Crippen LogP contribution in [0.5, 0.6) is 0 Å². The molecule has 5 nitrogen and oxygen atoms in total. The van der Waals surface area contributed by atoms with Crippen LogP contribution in [0, 0.1) is 6.92 Å². The topological polar surface area (TPSA) is 66.5 Å². The molecule has 20 heavy (non-hydrogen) atoms. The molecule has 0 aliphatic rings. The van der Waals surface area contributed by atoms with Crippen molar-refractivity contribution in [3.8, 4) is 0 Å². The first-order chi connectivity index (χ1) is 9.36. The van der Waals surface area contributed by atoms with Crippen molar-refractivity contribution in [1.82, 2.24) is 4.31 Å². The number of hydrogen-bond donors (Lipinski definition) is 1. The highest BCUT2D eigenvalue weighted by Gasteiger charge is 2.23. The van der Waals surface area contributed by atoms with E-state index >= 15 is 0 Å². The Bertz CT molecular complexity index is 583. The van der Waals surface area contributed by atoms with Crippen LogP contribution in [-0.2, 0) is 14.8 Å². The first-order valence-corrected chi connectivity index (χ1v) is 8.89. The predicted molar refractivity (Wildman–Crippen MR) is 83.7 cm³/mol. The second kappa shape index (κ2) is 7.19. The minimum absolute atomic E-state index is 0.166. The van der Waals surface area contributed by atoms with Crippen molar-refractivity contribution in [3.63, 3.8) is 0 Å². The van der Waals surface area contributed by atoms with Gasteiger partial charge in [0.2, 0.25) is 15.9 Å². The summed E-state index contributed by atoms with van der Waals surface area (Å²) >= 11 is 3.05. The van der Waals surface area contributed by atoms with E-state index in [1.165, 1.54) is 10.4 Å². The van der Waals surface area contributed by atoms with Gasteiger partial charge in [-0.3, -0.25) is 4.79 Å². The van der Waals surface area contributed by atoms with Crippen molar-refractivity contribution < 1.29 is 13.2 Å². The van der Waals surface area contributed by atoms with Gasteiger partial charge < -0.3 is 5.32 Å². The lowest BCUT2D eigenvalue weighted by Crippen LogP contribution is -2.31. The largest absolute Gasteiger partial charge is 0.325 e. The highest BCUT2D eigenvalue weighted by molar-refractivity contribution is 9.09. The number of nitrogens with zero attached hydrogens (tertiary/aromatic N) is 1. The Morgan fingerprint density at radius 1 is 1.30 bits per heavy atom. The van der Waals surface area contributed by atoms with E-state index in [9.17, 15) is 13.2 Å². The fourth-order valence-corrected chi connectivity index (χ4v) is 3.70. The van der Waals surface area contributed by atoms with Gasteiger partial charge in [-0.15, -0.1) is 0 Å². The molecule has 112 valence electrons. The Labute approximate surface area is 128 Å². The van der Waals surface area contributed by atoms with Crippen LogP contribution < -0.4 is 5.32 Å². The molecule has 1 aromatic carbocycles. The molecule has 0 aliphatic heterocycles. The number of halogens is 1. The summed E-state index contributed by atoms with van der Waals surface area (Å²) in [6.45, 7) is 6.17.